The first-order chi connectivity index (χ1) is 11.5. The van der Waals surface area contributed by atoms with Crippen LogP contribution in [0.1, 0.15) is 51.7 Å². The number of rotatable bonds is 4. The SMILES string of the molecule is Cc1cc(C(=O)NCCc2nc(C)c3c(n2)CCCC3)cc(=O)[nH]1. The van der Waals surface area contributed by atoms with Crippen molar-refractivity contribution in [1.82, 2.24) is 20.3 Å². The third kappa shape index (κ3) is 3.69. The summed E-state index contributed by atoms with van der Waals surface area (Å²) in [7, 11) is 0. The van der Waals surface area contributed by atoms with Crippen LogP contribution in [0.5, 0.6) is 0 Å². The molecule has 2 heterocycles. The van der Waals surface area contributed by atoms with E-state index in [1.165, 1.54) is 30.2 Å². The van der Waals surface area contributed by atoms with Crippen LogP contribution in [-0.2, 0) is 19.3 Å². The molecular formula is C18H22N4O2. The molecule has 0 aliphatic heterocycles. The summed E-state index contributed by atoms with van der Waals surface area (Å²) in [6.07, 6.45) is 5.07. The Morgan fingerprint density at radius 1 is 1.21 bits per heavy atom. The number of aryl methyl sites for hydroxylation is 3. The van der Waals surface area contributed by atoms with Gasteiger partial charge in [-0.2, -0.15) is 0 Å². The number of pyridine rings is 1. The van der Waals surface area contributed by atoms with Crippen LogP contribution in [0.3, 0.4) is 0 Å². The molecule has 0 unspecified atom stereocenters. The van der Waals surface area contributed by atoms with Crippen LogP contribution in [-0.4, -0.2) is 27.4 Å². The molecule has 0 saturated carbocycles. The third-order valence-electron chi connectivity index (χ3n) is 4.31. The Kier molecular flexibility index (Phi) is 4.74. The molecule has 1 amide bonds. The Balaban J connectivity index is 1.63. The highest BCUT2D eigenvalue weighted by Crippen LogP contribution is 2.21. The van der Waals surface area contributed by atoms with Crippen molar-refractivity contribution in [3.8, 4) is 0 Å². The number of nitrogens with one attached hydrogen (secondary N) is 2. The molecule has 24 heavy (non-hydrogen) atoms. The van der Waals surface area contributed by atoms with Crippen molar-refractivity contribution >= 4 is 5.91 Å². The van der Waals surface area contributed by atoms with Crippen LogP contribution in [0, 0.1) is 13.8 Å². The van der Waals surface area contributed by atoms with Gasteiger partial charge in [-0.3, -0.25) is 9.59 Å². The first-order valence-corrected chi connectivity index (χ1v) is 8.37. The van der Waals surface area contributed by atoms with Gasteiger partial charge in [0.15, 0.2) is 0 Å². The molecule has 6 nitrogen and oxygen atoms in total. The highest BCUT2D eigenvalue weighted by molar-refractivity contribution is 5.94. The van der Waals surface area contributed by atoms with Crippen molar-refractivity contribution in [2.45, 2.75) is 46.0 Å². The van der Waals surface area contributed by atoms with Gasteiger partial charge in [-0.25, -0.2) is 9.97 Å². The van der Waals surface area contributed by atoms with E-state index in [2.05, 4.69) is 20.3 Å². The van der Waals surface area contributed by atoms with Crippen LogP contribution in [0.15, 0.2) is 16.9 Å². The summed E-state index contributed by atoms with van der Waals surface area (Å²) >= 11 is 0. The molecule has 0 spiro atoms. The fourth-order valence-electron chi connectivity index (χ4n) is 3.16. The summed E-state index contributed by atoms with van der Waals surface area (Å²) in [5.74, 6) is 0.523. The second-order valence-corrected chi connectivity index (χ2v) is 6.28. The number of fused-ring (bicyclic) bond motifs is 1. The van der Waals surface area contributed by atoms with Crippen molar-refractivity contribution in [3.63, 3.8) is 0 Å². The number of H-pyrrole nitrogens is 1. The fraction of sp³-hybridized carbons (Fsp3) is 0.444. The van der Waals surface area contributed by atoms with Crippen molar-refractivity contribution < 1.29 is 4.79 Å². The Morgan fingerprint density at radius 2 is 2.00 bits per heavy atom. The lowest BCUT2D eigenvalue weighted by molar-refractivity contribution is 0.0953. The average molecular weight is 326 g/mol. The van der Waals surface area contributed by atoms with E-state index in [-0.39, 0.29) is 11.5 Å². The quantitative estimate of drug-likeness (QED) is 0.894. The molecule has 0 bridgehead atoms. The van der Waals surface area contributed by atoms with Crippen LogP contribution >= 0.6 is 0 Å². The molecule has 0 atom stereocenters. The maximum Gasteiger partial charge on any atom is 0.251 e. The van der Waals surface area contributed by atoms with Crippen LogP contribution in [0.25, 0.3) is 0 Å². The standard InChI is InChI=1S/C18H22N4O2/c1-11-9-13(10-17(23)20-11)18(24)19-8-7-16-21-12(2)14-5-3-4-6-15(14)22-16/h9-10H,3-8H2,1-2H3,(H,19,24)(H,20,23). The van der Waals surface area contributed by atoms with E-state index in [1.54, 1.807) is 13.0 Å². The van der Waals surface area contributed by atoms with Gasteiger partial charge in [0.2, 0.25) is 5.56 Å². The Bertz CT molecular complexity index is 826. The van der Waals surface area contributed by atoms with Crippen LogP contribution in [0.2, 0.25) is 0 Å². The Hall–Kier alpha value is -2.50. The molecule has 0 radical (unpaired) electrons. The van der Waals surface area contributed by atoms with Gasteiger partial charge in [0, 0.05) is 41.7 Å². The number of amides is 1. The summed E-state index contributed by atoms with van der Waals surface area (Å²) in [6.45, 7) is 4.23. The molecule has 126 valence electrons. The van der Waals surface area contributed by atoms with Crippen LogP contribution < -0.4 is 10.9 Å². The zero-order valence-corrected chi connectivity index (χ0v) is 14.1. The first-order valence-electron chi connectivity index (χ1n) is 8.37. The van der Waals surface area contributed by atoms with E-state index in [0.29, 0.717) is 24.2 Å². The Labute approximate surface area is 140 Å². The van der Waals surface area contributed by atoms with Gasteiger partial charge in [-0.15, -0.1) is 0 Å². The minimum atomic E-state index is -0.270. The predicted octanol–water partition coefficient (Wildman–Crippen LogP) is 1.63. The summed E-state index contributed by atoms with van der Waals surface area (Å²) in [4.78, 5) is 35.4. The summed E-state index contributed by atoms with van der Waals surface area (Å²) < 4.78 is 0. The lowest BCUT2D eigenvalue weighted by Crippen LogP contribution is -2.27. The molecule has 0 saturated heterocycles. The van der Waals surface area contributed by atoms with Crippen molar-refractivity contribution in [1.29, 1.82) is 0 Å². The minimum Gasteiger partial charge on any atom is -0.352 e. The van der Waals surface area contributed by atoms with E-state index in [9.17, 15) is 9.59 Å². The fourth-order valence-corrected chi connectivity index (χ4v) is 3.16. The van der Waals surface area contributed by atoms with Crippen molar-refractivity contribution in [2.75, 3.05) is 6.54 Å². The molecule has 3 rings (SSSR count). The molecule has 0 aromatic carbocycles. The van der Waals surface area contributed by atoms with E-state index in [0.717, 1.165) is 24.4 Å². The zero-order chi connectivity index (χ0) is 17.1. The third-order valence-corrected chi connectivity index (χ3v) is 4.31. The maximum atomic E-state index is 12.1. The van der Waals surface area contributed by atoms with Crippen LogP contribution in [0.4, 0.5) is 0 Å². The van der Waals surface area contributed by atoms with Gasteiger partial charge >= 0.3 is 0 Å². The highest BCUT2D eigenvalue weighted by atomic mass is 16.2. The smallest absolute Gasteiger partial charge is 0.251 e. The minimum absolute atomic E-state index is 0.251. The van der Waals surface area contributed by atoms with E-state index >= 15 is 0 Å². The number of hydrogen-bond acceptors (Lipinski definition) is 4. The van der Waals surface area contributed by atoms with Gasteiger partial charge in [-0.05, 0) is 51.2 Å². The normalized spacial score (nSPS) is 13.4. The van der Waals surface area contributed by atoms with Gasteiger partial charge in [0.25, 0.3) is 5.91 Å². The molecule has 2 aromatic heterocycles. The van der Waals surface area contributed by atoms with Gasteiger partial charge in [-0.1, -0.05) is 0 Å². The lowest BCUT2D eigenvalue weighted by Gasteiger charge is -2.17. The number of carbonyl (C=O) groups excluding carboxylic acids is 1. The molecule has 2 aromatic rings. The number of aromatic nitrogens is 3. The van der Waals surface area contributed by atoms with Gasteiger partial charge in [0.05, 0.1) is 0 Å². The molecule has 6 heteroatoms. The molecule has 1 aliphatic carbocycles. The average Bonchev–Trinajstić information content (AvgIpc) is 2.54. The summed E-state index contributed by atoms with van der Waals surface area (Å²) in [6, 6.07) is 2.97. The number of nitrogens with zero attached hydrogens (tertiary/aromatic N) is 2. The van der Waals surface area contributed by atoms with E-state index < -0.39 is 0 Å². The second-order valence-electron chi connectivity index (χ2n) is 6.28. The number of carbonyl (C=O) groups is 1. The largest absolute Gasteiger partial charge is 0.352 e. The van der Waals surface area contributed by atoms with E-state index in [4.69, 9.17) is 0 Å². The zero-order valence-electron chi connectivity index (χ0n) is 14.1. The topological polar surface area (TPSA) is 87.7 Å². The maximum absolute atomic E-state index is 12.1. The number of hydrogen-bond donors (Lipinski definition) is 2. The summed E-state index contributed by atoms with van der Waals surface area (Å²) in [5, 5.41) is 2.83. The predicted molar refractivity (Wildman–Crippen MR) is 91.2 cm³/mol. The van der Waals surface area contributed by atoms with Gasteiger partial charge in [0.1, 0.15) is 5.82 Å². The van der Waals surface area contributed by atoms with Crippen molar-refractivity contribution in [3.05, 3.63) is 56.5 Å². The van der Waals surface area contributed by atoms with Crippen molar-refractivity contribution in [2.24, 2.45) is 0 Å². The second kappa shape index (κ2) is 6.95. The van der Waals surface area contributed by atoms with E-state index in [1.807, 2.05) is 6.92 Å². The molecule has 1 aliphatic rings. The molecular weight excluding hydrogens is 304 g/mol. The molecule has 2 N–H and O–H groups in total. The first kappa shape index (κ1) is 16.4. The molecule has 0 fully saturated rings. The monoisotopic (exact) mass is 326 g/mol. The summed E-state index contributed by atoms with van der Waals surface area (Å²) in [5.41, 5.74) is 4.30. The highest BCUT2D eigenvalue weighted by Gasteiger charge is 2.15. The number of aromatic amines is 1. The van der Waals surface area contributed by atoms with Gasteiger partial charge < -0.3 is 10.3 Å². The lowest BCUT2D eigenvalue weighted by atomic mass is 9.95. The Morgan fingerprint density at radius 3 is 2.79 bits per heavy atom.